The number of aryl methyl sites for hydroxylation is 1. The van der Waals surface area contributed by atoms with E-state index in [0.717, 1.165) is 0 Å². The van der Waals surface area contributed by atoms with Crippen molar-refractivity contribution < 1.29 is 22.7 Å². The molecule has 10 nitrogen and oxygen atoms in total. The largest absolute Gasteiger partial charge is 0.474 e. The molecule has 0 radical (unpaired) electrons. The summed E-state index contributed by atoms with van der Waals surface area (Å²) >= 11 is 0. The van der Waals surface area contributed by atoms with E-state index in [-0.39, 0.29) is 17.1 Å². The zero-order valence-corrected chi connectivity index (χ0v) is 20.8. The van der Waals surface area contributed by atoms with Crippen LogP contribution in [0.2, 0.25) is 0 Å². The van der Waals surface area contributed by atoms with Crippen molar-refractivity contribution in [3.8, 4) is 11.6 Å². The smallest absolute Gasteiger partial charge is 0.410 e. The molecule has 0 unspecified atom stereocenters. The van der Waals surface area contributed by atoms with Crippen LogP contribution in [0.25, 0.3) is 16.7 Å². The van der Waals surface area contributed by atoms with E-state index in [9.17, 15) is 13.2 Å². The van der Waals surface area contributed by atoms with Crippen LogP contribution in [0, 0.1) is 6.92 Å². The Morgan fingerprint density at radius 1 is 1.09 bits per heavy atom. The minimum absolute atomic E-state index is 0.103. The van der Waals surface area contributed by atoms with E-state index < -0.39 is 15.4 Å². The van der Waals surface area contributed by atoms with Crippen LogP contribution in [-0.4, -0.2) is 70.2 Å². The third kappa shape index (κ3) is 5.14. The number of likely N-dealkylation sites (tertiary alicyclic amines) is 1. The quantitative estimate of drug-likeness (QED) is 0.550. The molecule has 0 bridgehead atoms. The van der Waals surface area contributed by atoms with Gasteiger partial charge in [-0.05, 0) is 52.0 Å². The highest BCUT2D eigenvalue weighted by Crippen LogP contribution is 2.29. The summed E-state index contributed by atoms with van der Waals surface area (Å²) in [6.45, 7) is 8.49. The van der Waals surface area contributed by atoms with Gasteiger partial charge in [0, 0.05) is 32.2 Å². The van der Waals surface area contributed by atoms with Crippen molar-refractivity contribution in [2.75, 3.05) is 19.3 Å². The zero-order chi connectivity index (χ0) is 24.7. The van der Waals surface area contributed by atoms with Gasteiger partial charge in [0.25, 0.3) is 0 Å². The predicted octanol–water partition coefficient (Wildman–Crippen LogP) is 3.31. The Balaban J connectivity index is 1.52. The Hall–Kier alpha value is -3.21. The molecule has 1 aromatic carbocycles. The molecule has 3 aromatic rings. The Morgan fingerprint density at radius 2 is 1.74 bits per heavy atom. The first kappa shape index (κ1) is 23.9. The van der Waals surface area contributed by atoms with Crippen molar-refractivity contribution in [2.45, 2.75) is 57.1 Å². The number of carbonyl (C=O) groups excluding carboxylic acids is 1. The fourth-order valence-electron chi connectivity index (χ4n) is 3.83. The van der Waals surface area contributed by atoms with Crippen LogP contribution in [0.4, 0.5) is 4.79 Å². The fourth-order valence-corrected chi connectivity index (χ4v) is 4.46. The minimum Gasteiger partial charge on any atom is -0.474 e. The van der Waals surface area contributed by atoms with Crippen LogP contribution < -0.4 is 4.74 Å². The molecule has 0 spiro atoms. The molecule has 11 heteroatoms. The van der Waals surface area contributed by atoms with Crippen LogP contribution in [0.15, 0.2) is 35.5 Å². The van der Waals surface area contributed by atoms with Gasteiger partial charge in [-0.15, -0.1) is 0 Å². The SMILES string of the molecule is Cc1nn(-c2ccc(S(C)(=O)=O)cc2)c2ncnc(OC3CCN(C(=O)OC(C)(C)C)CC3)c12. The summed E-state index contributed by atoms with van der Waals surface area (Å²) in [5.41, 5.74) is 1.42. The molecule has 1 fully saturated rings. The number of ether oxygens (including phenoxy) is 2. The van der Waals surface area contributed by atoms with Gasteiger partial charge in [0.05, 0.1) is 16.3 Å². The summed E-state index contributed by atoms with van der Waals surface area (Å²) in [5, 5.41) is 5.29. The first-order chi connectivity index (χ1) is 15.9. The average molecular weight is 488 g/mol. The third-order valence-corrected chi connectivity index (χ3v) is 6.61. The molecule has 0 N–H and O–H groups in total. The molecule has 0 saturated carbocycles. The van der Waals surface area contributed by atoms with E-state index in [2.05, 4.69) is 15.1 Å². The molecule has 2 aromatic heterocycles. The topological polar surface area (TPSA) is 117 Å². The summed E-state index contributed by atoms with van der Waals surface area (Å²) in [7, 11) is -3.29. The average Bonchev–Trinajstić information content (AvgIpc) is 3.10. The number of benzene rings is 1. The second-order valence-corrected chi connectivity index (χ2v) is 11.4. The van der Waals surface area contributed by atoms with Gasteiger partial charge < -0.3 is 14.4 Å². The fraction of sp³-hybridized carbons (Fsp3) is 0.478. The van der Waals surface area contributed by atoms with Crippen LogP contribution in [0.1, 0.15) is 39.3 Å². The number of nitrogens with zero attached hydrogens (tertiary/aromatic N) is 5. The minimum atomic E-state index is -3.29. The Bertz CT molecular complexity index is 1300. The maximum atomic E-state index is 12.3. The van der Waals surface area contributed by atoms with E-state index in [1.165, 1.54) is 12.6 Å². The first-order valence-corrected chi connectivity index (χ1v) is 13.0. The molecular weight excluding hydrogens is 458 g/mol. The Labute approximate surface area is 198 Å². The third-order valence-electron chi connectivity index (χ3n) is 5.49. The number of sulfone groups is 1. The molecule has 3 heterocycles. The number of aromatic nitrogens is 4. The number of carbonyl (C=O) groups is 1. The van der Waals surface area contributed by atoms with Crippen molar-refractivity contribution >= 4 is 27.0 Å². The highest BCUT2D eigenvalue weighted by atomic mass is 32.2. The molecule has 1 aliphatic heterocycles. The van der Waals surface area contributed by atoms with E-state index in [1.54, 1.807) is 33.8 Å². The summed E-state index contributed by atoms with van der Waals surface area (Å²) in [4.78, 5) is 23.0. The summed E-state index contributed by atoms with van der Waals surface area (Å²) in [6, 6.07) is 6.48. The van der Waals surface area contributed by atoms with E-state index in [1.807, 2.05) is 27.7 Å². The zero-order valence-electron chi connectivity index (χ0n) is 20.0. The lowest BCUT2D eigenvalue weighted by Crippen LogP contribution is -2.44. The normalized spacial score (nSPS) is 15.5. The molecule has 0 atom stereocenters. The highest BCUT2D eigenvalue weighted by Gasteiger charge is 2.28. The van der Waals surface area contributed by atoms with Gasteiger partial charge in [-0.3, -0.25) is 0 Å². The summed E-state index contributed by atoms with van der Waals surface area (Å²) in [6.07, 6.45) is 3.50. The molecular formula is C23H29N5O5S. The number of rotatable bonds is 4. The van der Waals surface area contributed by atoms with Gasteiger partial charge in [-0.1, -0.05) is 0 Å². The molecule has 4 rings (SSSR count). The Kier molecular flexibility index (Phi) is 6.24. The lowest BCUT2D eigenvalue weighted by Gasteiger charge is -2.33. The van der Waals surface area contributed by atoms with Crippen LogP contribution in [0.3, 0.4) is 0 Å². The molecule has 1 aliphatic rings. The van der Waals surface area contributed by atoms with Gasteiger partial charge in [0.15, 0.2) is 15.5 Å². The summed E-state index contributed by atoms with van der Waals surface area (Å²) in [5.74, 6) is 0.442. The van der Waals surface area contributed by atoms with Crippen molar-refractivity contribution in [1.29, 1.82) is 0 Å². The van der Waals surface area contributed by atoms with Crippen LogP contribution >= 0.6 is 0 Å². The van der Waals surface area contributed by atoms with Crippen LogP contribution in [0.5, 0.6) is 5.88 Å². The molecule has 182 valence electrons. The van der Waals surface area contributed by atoms with E-state index in [0.29, 0.717) is 54.2 Å². The number of hydrogen-bond donors (Lipinski definition) is 0. The standard InChI is InChI=1S/C23H29N5O5S/c1-15-19-20(28(26-15)16-6-8-18(9-7-16)34(5,30)31)24-14-25-21(19)32-17-10-12-27(13-11-17)22(29)33-23(2,3)4/h6-9,14,17H,10-13H2,1-5H3. The predicted molar refractivity (Wildman–Crippen MR) is 126 cm³/mol. The molecule has 34 heavy (non-hydrogen) atoms. The van der Waals surface area contributed by atoms with Crippen molar-refractivity contribution in [1.82, 2.24) is 24.6 Å². The van der Waals surface area contributed by atoms with Crippen molar-refractivity contribution in [3.05, 3.63) is 36.3 Å². The molecule has 0 aliphatic carbocycles. The van der Waals surface area contributed by atoms with Gasteiger partial charge >= 0.3 is 6.09 Å². The summed E-state index contributed by atoms with van der Waals surface area (Å²) < 4.78 is 36.9. The second kappa shape index (κ2) is 8.86. The Morgan fingerprint density at radius 3 is 2.32 bits per heavy atom. The van der Waals surface area contributed by atoms with Gasteiger partial charge in [0.1, 0.15) is 23.4 Å². The maximum absolute atomic E-state index is 12.3. The van der Waals surface area contributed by atoms with Gasteiger partial charge in [0.2, 0.25) is 5.88 Å². The number of fused-ring (bicyclic) bond motifs is 1. The van der Waals surface area contributed by atoms with Crippen LogP contribution in [-0.2, 0) is 14.6 Å². The van der Waals surface area contributed by atoms with Gasteiger partial charge in [-0.25, -0.2) is 27.9 Å². The van der Waals surface area contributed by atoms with Gasteiger partial charge in [-0.2, -0.15) is 5.10 Å². The first-order valence-electron chi connectivity index (χ1n) is 11.1. The van der Waals surface area contributed by atoms with Crippen molar-refractivity contribution in [3.63, 3.8) is 0 Å². The monoisotopic (exact) mass is 487 g/mol. The number of piperidine rings is 1. The van der Waals surface area contributed by atoms with Crippen molar-refractivity contribution in [2.24, 2.45) is 0 Å². The molecule has 1 saturated heterocycles. The lowest BCUT2D eigenvalue weighted by atomic mass is 10.1. The highest BCUT2D eigenvalue weighted by molar-refractivity contribution is 7.90. The van der Waals surface area contributed by atoms with E-state index in [4.69, 9.17) is 9.47 Å². The number of hydrogen-bond acceptors (Lipinski definition) is 8. The maximum Gasteiger partial charge on any atom is 0.410 e. The van der Waals surface area contributed by atoms with E-state index >= 15 is 0 Å². The number of amides is 1. The second-order valence-electron chi connectivity index (χ2n) is 9.43. The lowest BCUT2D eigenvalue weighted by molar-refractivity contribution is 0.0124. The molecule has 1 amide bonds.